The van der Waals surface area contributed by atoms with Crippen LogP contribution in [0.2, 0.25) is 0 Å². The highest BCUT2D eigenvalue weighted by Crippen LogP contribution is 2.30. The molecule has 1 aromatic rings. The Hall–Kier alpha value is -0.850. The molecule has 0 aliphatic carbocycles. The predicted molar refractivity (Wildman–Crippen MR) is 60.5 cm³/mol. The van der Waals surface area contributed by atoms with Crippen molar-refractivity contribution in [1.29, 1.82) is 5.26 Å². The summed E-state index contributed by atoms with van der Waals surface area (Å²) in [5, 5.41) is 8.94. The van der Waals surface area contributed by atoms with Crippen LogP contribution in [0.25, 0.3) is 0 Å². The summed E-state index contributed by atoms with van der Waals surface area (Å²) < 4.78 is 1.02. The van der Waals surface area contributed by atoms with Crippen LogP contribution in [0.15, 0.2) is 28.7 Å². The average molecular weight is 253 g/mol. The molecule has 2 N–H and O–H groups in total. The van der Waals surface area contributed by atoms with Gasteiger partial charge in [-0.05, 0) is 31.5 Å². The normalized spacial score (nSPS) is 13.4. The Morgan fingerprint density at radius 2 is 1.86 bits per heavy atom. The van der Waals surface area contributed by atoms with Crippen LogP contribution < -0.4 is 5.73 Å². The molecule has 3 heteroatoms. The summed E-state index contributed by atoms with van der Waals surface area (Å²) in [4.78, 5) is 0. The van der Waals surface area contributed by atoms with E-state index in [-0.39, 0.29) is 6.04 Å². The molecule has 2 nitrogen and oxygen atoms in total. The minimum atomic E-state index is -0.534. The Labute approximate surface area is 92.9 Å². The highest BCUT2D eigenvalue weighted by Gasteiger charge is 2.27. The standard InChI is InChI=1S/C11H13BrN2/c1-11(2,7-13)10(14)8-3-5-9(12)6-4-8/h3-6,10H,14H2,1-2H3. The lowest BCUT2D eigenvalue weighted by Gasteiger charge is -2.24. The monoisotopic (exact) mass is 252 g/mol. The third-order valence-electron chi connectivity index (χ3n) is 2.29. The molecule has 0 spiro atoms. The molecule has 0 heterocycles. The van der Waals surface area contributed by atoms with Crippen molar-refractivity contribution in [2.24, 2.45) is 11.1 Å². The third kappa shape index (κ3) is 2.34. The summed E-state index contributed by atoms with van der Waals surface area (Å²) in [5.74, 6) is 0. The summed E-state index contributed by atoms with van der Waals surface area (Å²) in [6.45, 7) is 3.69. The molecular weight excluding hydrogens is 240 g/mol. The van der Waals surface area contributed by atoms with Crippen LogP contribution in [0, 0.1) is 16.7 Å². The summed E-state index contributed by atoms with van der Waals surface area (Å²) in [6.07, 6.45) is 0. The number of hydrogen-bond acceptors (Lipinski definition) is 2. The van der Waals surface area contributed by atoms with Gasteiger partial charge in [0.25, 0.3) is 0 Å². The molecule has 14 heavy (non-hydrogen) atoms. The summed E-state index contributed by atoms with van der Waals surface area (Å²) >= 11 is 3.36. The van der Waals surface area contributed by atoms with Crippen molar-refractivity contribution in [2.75, 3.05) is 0 Å². The van der Waals surface area contributed by atoms with E-state index >= 15 is 0 Å². The van der Waals surface area contributed by atoms with Gasteiger partial charge in [0.1, 0.15) is 0 Å². The van der Waals surface area contributed by atoms with Gasteiger partial charge < -0.3 is 5.73 Å². The van der Waals surface area contributed by atoms with E-state index in [1.54, 1.807) is 0 Å². The number of nitrogens with two attached hydrogens (primary N) is 1. The van der Waals surface area contributed by atoms with Crippen molar-refractivity contribution in [2.45, 2.75) is 19.9 Å². The zero-order chi connectivity index (χ0) is 10.8. The first-order valence-corrected chi connectivity index (χ1v) is 5.19. The van der Waals surface area contributed by atoms with Crippen LogP contribution in [0.4, 0.5) is 0 Å². The van der Waals surface area contributed by atoms with E-state index in [4.69, 9.17) is 11.0 Å². The fraction of sp³-hybridized carbons (Fsp3) is 0.364. The lowest BCUT2D eigenvalue weighted by molar-refractivity contribution is 0.393. The largest absolute Gasteiger partial charge is 0.323 e. The summed E-state index contributed by atoms with van der Waals surface area (Å²) in [5.41, 5.74) is 6.45. The zero-order valence-corrected chi connectivity index (χ0v) is 9.88. The van der Waals surface area contributed by atoms with Crippen molar-refractivity contribution < 1.29 is 0 Å². The molecule has 0 amide bonds. The highest BCUT2D eigenvalue weighted by molar-refractivity contribution is 9.10. The van der Waals surface area contributed by atoms with Crippen LogP contribution >= 0.6 is 15.9 Å². The third-order valence-corrected chi connectivity index (χ3v) is 2.82. The second-order valence-electron chi connectivity index (χ2n) is 3.86. The quantitative estimate of drug-likeness (QED) is 0.880. The van der Waals surface area contributed by atoms with Crippen molar-refractivity contribution in [3.05, 3.63) is 34.3 Å². The van der Waals surface area contributed by atoms with E-state index in [0.717, 1.165) is 10.0 Å². The van der Waals surface area contributed by atoms with Crippen LogP contribution in [0.5, 0.6) is 0 Å². The van der Waals surface area contributed by atoms with E-state index in [1.807, 2.05) is 38.1 Å². The second kappa shape index (κ2) is 4.12. The molecule has 0 fully saturated rings. The molecule has 1 atom stereocenters. The number of halogens is 1. The van der Waals surface area contributed by atoms with E-state index in [2.05, 4.69) is 22.0 Å². The number of nitriles is 1. The molecule has 0 saturated carbocycles. The lowest BCUT2D eigenvalue weighted by Crippen LogP contribution is -2.27. The van der Waals surface area contributed by atoms with Crippen LogP contribution in [0.1, 0.15) is 25.5 Å². The first-order valence-electron chi connectivity index (χ1n) is 4.39. The highest BCUT2D eigenvalue weighted by atomic mass is 79.9. The molecule has 1 rings (SSSR count). The topological polar surface area (TPSA) is 49.8 Å². The van der Waals surface area contributed by atoms with Gasteiger partial charge in [-0.1, -0.05) is 28.1 Å². The molecule has 74 valence electrons. The van der Waals surface area contributed by atoms with Crippen molar-refractivity contribution in [3.63, 3.8) is 0 Å². The lowest BCUT2D eigenvalue weighted by atomic mass is 9.82. The molecule has 0 aromatic heterocycles. The minimum Gasteiger partial charge on any atom is -0.323 e. The van der Waals surface area contributed by atoms with Gasteiger partial charge in [-0.3, -0.25) is 0 Å². The Balaban J connectivity index is 2.96. The molecule has 0 aliphatic heterocycles. The molecule has 1 aromatic carbocycles. The Morgan fingerprint density at radius 1 is 1.36 bits per heavy atom. The zero-order valence-electron chi connectivity index (χ0n) is 8.29. The van der Waals surface area contributed by atoms with Gasteiger partial charge >= 0.3 is 0 Å². The number of nitrogens with zero attached hydrogens (tertiary/aromatic N) is 1. The predicted octanol–water partition coefficient (Wildman–Crippen LogP) is 3.00. The first kappa shape index (κ1) is 11.2. The average Bonchev–Trinajstić information content (AvgIpc) is 2.18. The van der Waals surface area contributed by atoms with E-state index in [1.165, 1.54) is 0 Å². The van der Waals surface area contributed by atoms with Crippen LogP contribution in [-0.4, -0.2) is 0 Å². The van der Waals surface area contributed by atoms with Crippen molar-refractivity contribution in [1.82, 2.24) is 0 Å². The van der Waals surface area contributed by atoms with Crippen molar-refractivity contribution >= 4 is 15.9 Å². The molecular formula is C11H13BrN2. The Kier molecular flexibility index (Phi) is 3.30. The summed E-state index contributed by atoms with van der Waals surface area (Å²) in [6, 6.07) is 9.71. The molecule has 0 bridgehead atoms. The van der Waals surface area contributed by atoms with Gasteiger partial charge in [0, 0.05) is 10.5 Å². The van der Waals surface area contributed by atoms with Crippen LogP contribution in [-0.2, 0) is 0 Å². The fourth-order valence-corrected chi connectivity index (χ4v) is 1.42. The maximum Gasteiger partial charge on any atom is 0.0710 e. The Morgan fingerprint density at radius 3 is 2.29 bits per heavy atom. The smallest absolute Gasteiger partial charge is 0.0710 e. The van der Waals surface area contributed by atoms with Crippen molar-refractivity contribution in [3.8, 4) is 6.07 Å². The number of rotatable bonds is 2. The second-order valence-corrected chi connectivity index (χ2v) is 4.78. The van der Waals surface area contributed by atoms with E-state index in [9.17, 15) is 0 Å². The van der Waals surface area contributed by atoms with E-state index < -0.39 is 5.41 Å². The minimum absolute atomic E-state index is 0.249. The van der Waals surface area contributed by atoms with Gasteiger partial charge in [-0.15, -0.1) is 0 Å². The first-order chi connectivity index (χ1) is 6.47. The maximum atomic E-state index is 8.94. The fourth-order valence-electron chi connectivity index (χ4n) is 1.16. The SMILES string of the molecule is CC(C)(C#N)C(N)c1ccc(Br)cc1. The molecule has 0 aliphatic rings. The number of benzene rings is 1. The number of hydrogen-bond donors (Lipinski definition) is 1. The summed E-state index contributed by atoms with van der Waals surface area (Å²) in [7, 11) is 0. The van der Waals surface area contributed by atoms with Gasteiger partial charge in [0.15, 0.2) is 0 Å². The maximum absolute atomic E-state index is 8.94. The Bertz CT molecular complexity index is 349. The molecule has 0 radical (unpaired) electrons. The van der Waals surface area contributed by atoms with Gasteiger partial charge in [0.2, 0.25) is 0 Å². The van der Waals surface area contributed by atoms with E-state index in [0.29, 0.717) is 0 Å². The van der Waals surface area contributed by atoms with Gasteiger partial charge in [0.05, 0.1) is 11.5 Å². The molecule has 1 unspecified atom stereocenters. The van der Waals surface area contributed by atoms with Crippen LogP contribution in [0.3, 0.4) is 0 Å². The van der Waals surface area contributed by atoms with Gasteiger partial charge in [-0.2, -0.15) is 5.26 Å². The molecule has 0 saturated heterocycles. The van der Waals surface area contributed by atoms with Gasteiger partial charge in [-0.25, -0.2) is 0 Å².